The Kier molecular flexibility index (Phi) is 9.81. The van der Waals surface area contributed by atoms with Crippen LogP contribution < -0.4 is 10.2 Å². The number of hydrogen-bond acceptors (Lipinski definition) is 11. The number of alkyl halides is 5. The highest BCUT2D eigenvalue weighted by atomic mass is 32.1. The molecule has 5 rings (SSSR count). The number of pyridine rings is 1. The van der Waals surface area contributed by atoms with Gasteiger partial charge in [-0.2, -0.15) is 13.2 Å². The first kappa shape index (κ1) is 31.7. The van der Waals surface area contributed by atoms with Gasteiger partial charge >= 0.3 is 6.18 Å². The van der Waals surface area contributed by atoms with Gasteiger partial charge in [0, 0.05) is 36.8 Å². The molecular weight excluding hydrogens is 618 g/mol. The molecule has 1 aliphatic rings. The van der Waals surface area contributed by atoms with Gasteiger partial charge in [0.15, 0.2) is 17.1 Å². The van der Waals surface area contributed by atoms with Crippen LogP contribution in [0.3, 0.4) is 0 Å². The fourth-order valence-electron chi connectivity index (χ4n) is 3.99. The first-order valence-corrected chi connectivity index (χ1v) is 14.6. The van der Waals surface area contributed by atoms with Crippen molar-refractivity contribution < 1.29 is 26.7 Å². The lowest BCUT2D eigenvalue weighted by Crippen LogP contribution is -2.57. The largest absolute Gasteiger partial charge is 0.434 e. The van der Waals surface area contributed by atoms with Crippen molar-refractivity contribution in [3.63, 3.8) is 0 Å². The summed E-state index contributed by atoms with van der Waals surface area (Å²) >= 11 is 3.16. The number of carbonyl (C=O) groups is 1. The van der Waals surface area contributed by atoms with Crippen molar-refractivity contribution in [2.45, 2.75) is 31.7 Å². The summed E-state index contributed by atoms with van der Waals surface area (Å²) in [5, 5.41) is 6.94. The maximum absolute atomic E-state index is 13.5. The molecule has 1 saturated heterocycles. The Labute approximate surface area is 248 Å². The molecule has 42 heavy (non-hydrogen) atoms. The molecule has 1 fully saturated rings. The number of halogens is 5. The number of nitrogens with zero attached hydrogens (tertiary/aromatic N) is 7. The fraction of sp³-hybridized carbons (Fsp3) is 0.360. The van der Waals surface area contributed by atoms with Crippen molar-refractivity contribution in [2.24, 2.45) is 0 Å². The summed E-state index contributed by atoms with van der Waals surface area (Å²) in [5.41, 5.74) is -1.62. The molecule has 0 saturated carbocycles. The maximum atomic E-state index is 13.5. The van der Waals surface area contributed by atoms with Gasteiger partial charge in [-0.05, 0) is 33.0 Å². The molecule has 1 N–H and O–H groups in total. The van der Waals surface area contributed by atoms with E-state index in [0.717, 1.165) is 38.9 Å². The summed E-state index contributed by atoms with van der Waals surface area (Å²) < 4.78 is 64.2. The van der Waals surface area contributed by atoms with Crippen molar-refractivity contribution in [1.82, 2.24) is 29.8 Å². The van der Waals surface area contributed by atoms with Gasteiger partial charge < -0.3 is 10.2 Å². The smallest absolute Gasteiger partial charge is 0.352 e. The van der Waals surface area contributed by atoms with E-state index in [0.29, 0.717) is 30.7 Å². The zero-order valence-corrected chi connectivity index (χ0v) is 25.4. The minimum absolute atomic E-state index is 0.0347. The van der Waals surface area contributed by atoms with Crippen LogP contribution in [0.2, 0.25) is 0 Å². The van der Waals surface area contributed by atoms with Crippen LogP contribution >= 0.6 is 31.9 Å². The second-order valence-corrected chi connectivity index (χ2v) is 12.1. The van der Waals surface area contributed by atoms with Gasteiger partial charge in [0.25, 0.3) is 5.66 Å². The lowest BCUT2D eigenvalue weighted by atomic mass is 10.2. The topological polar surface area (TPSA) is 100 Å². The Hall–Kier alpha value is -3.20. The molecule has 4 aromatic rings. The zero-order chi connectivity index (χ0) is 30.7. The van der Waals surface area contributed by atoms with E-state index >= 15 is 0 Å². The van der Waals surface area contributed by atoms with E-state index in [1.807, 2.05) is 19.2 Å². The number of likely N-dealkylation sites (N-methyl/N-ethyl adjacent to an activating group) is 1. The molecular formula is C25H26F5N8OPS2. The summed E-state index contributed by atoms with van der Waals surface area (Å²) in [6.07, 6.45) is -0.690. The number of nitrogens with one attached hydrogen (secondary N) is 1. The molecule has 5 heterocycles. The van der Waals surface area contributed by atoms with E-state index in [2.05, 4.69) is 30.2 Å². The molecule has 2 atom stereocenters. The molecule has 17 heteroatoms. The van der Waals surface area contributed by atoms with Gasteiger partial charge in [0.05, 0.1) is 39.7 Å². The highest BCUT2D eigenvalue weighted by Crippen LogP contribution is 2.34. The third kappa shape index (κ3) is 8.00. The SMILES string of the molecule is CN1CCN(c2cnc(C(F)(F)F)cn2)CC1C(F)(F)P.Cc1nc(C)c(-c2csc(Nc3ccc(C=O)cn3)n2)s1. The quantitative estimate of drug-likeness (QED) is 0.156. The predicted octanol–water partition coefficient (Wildman–Crippen LogP) is 5.92. The van der Waals surface area contributed by atoms with Gasteiger partial charge in [-0.3, -0.25) is 9.69 Å². The number of piperazine rings is 1. The van der Waals surface area contributed by atoms with Crippen molar-refractivity contribution in [3.05, 3.63) is 58.1 Å². The highest BCUT2D eigenvalue weighted by molar-refractivity contribution is 7.18. The monoisotopic (exact) mass is 644 g/mol. The first-order valence-electron chi connectivity index (χ1n) is 12.3. The second kappa shape index (κ2) is 13.0. The minimum atomic E-state index is -4.57. The van der Waals surface area contributed by atoms with Crippen LogP contribution in [0.5, 0.6) is 0 Å². The molecule has 9 nitrogen and oxygen atoms in total. The molecule has 224 valence electrons. The van der Waals surface area contributed by atoms with E-state index in [9.17, 15) is 26.7 Å². The molecule has 0 aromatic carbocycles. The Balaban J connectivity index is 0.000000193. The van der Waals surface area contributed by atoms with Gasteiger partial charge in [-0.1, -0.05) is 9.24 Å². The van der Waals surface area contributed by atoms with Crippen molar-refractivity contribution >= 4 is 55.0 Å². The number of aldehydes is 1. The lowest BCUT2D eigenvalue weighted by molar-refractivity contribution is -0.141. The highest BCUT2D eigenvalue weighted by Gasteiger charge is 2.41. The predicted molar refractivity (Wildman–Crippen MR) is 156 cm³/mol. The summed E-state index contributed by atoms with van der Waals surface area (Å²) in [6.45, 7) is 4.70. The summed E-state index contributed by atoms with van der Waals surface area (Å²) in [7, 11) is 3.08. The van der Waals surface area contributed by atoms with Crippen molar-refractivity contribution in [2.75, 3.05) is 36.9 Å². The van der Waals surface area contributed by atoms with E-state index < -0.39 is 23.6 Å². The van der Waals surface area contributed by atoms with Crippen molar-refractivity contribution in [3.8, 4) is 10.6 Å². The Morgan fingerprint density at radius 1 is 1.05 bits per heavy atom. The van der Waals surface area contributed by atoms with Crippen LogP contribution in [-0.2, 0) is 6.18 Å². The number of anilines is 3. The number of carbonyl (C=O) groups excluding carboxylic acids is 1. The van der Waals surface area contributed by atoms with Crippen LogP contribution in [0.1, 0.15) is 26.8 Å². The minimum Gasteiger partial charge on any atom is -0.352 e. The van der Waals surface area contributed by atoms with Gasteiger partial charge in [-0.25, -0.2) is 33.7 Å². The summed E-state index contributed by atoms with van der Waals surface area (Å²) in [4.78, 5) is 34.8. The second-order valence-electron chi connectivity index (χ2n) is 9.28. The molecule has 0 spiro atoms. The molecule has 4 aromatic heterocycles. The third-order valence-corrected chi connectivity index (χ3v) is 8.38. The molecule has 2 unspecified atom stereocenters. The van der Waals surface area contributed by atoms with Crippen LogP contribution in [-0.4, -0.2) is 74.5 Å². The normalized spacial score (nSPS) is 16.1. The number of aryl methyl sites for hydroxylation is 2. The van der Waals surface area contributed by atoms with Crippen LogP contribution in [0, 0.1) is 13.8 Å². The number of aromatic nitrogens is 5. The lowest BCUT2D eigenvalue weighted by Gasteiger charge is -2.42. The van der Waals surface area contributed by atoms with E-state index in [-0.39, 0.29) is 12.4 Å². The maximum Gasteiger partial charge on any atom is 0.434 e. The van der Waals surface area contributed by atoms with Gasteiger partial charge in [-0.15, -0.1) is 22.7 Å². The molecule has 0 amide bonds. The first-order chi connectivity index (χ1) is 19.7. The standard InChI is InChI=1S/C14H12N4OS2.C11H14F5N4P/c1-8-13(21-9(2)16-8)11-7-20-14(17-11)18-12-4-3-10(6-19)5-15-12;1-19-2-3-20(6-8(19)11(15,16)21)9-5-17-7(4-18-9)10(12,13)14/h3-7H,1-2H3,(H,15,17,18);4-5,8H,2-3,6,21H2,1H3. The number of rotatable bonds is 6. The zero-order valence-electron chi connectivity index (χ0n) is 22.6. The van der Waals surface area contributed by atoms with Crippen molar-refractivity contribution in [1.29, 1.82) is 0 Å². The van der Waals surface area contributed by atoms with E-state index in [1.165, 1.54) is 36.6 Å². The van der Waals surface area contributed by atoms with Gasteiger partial charge in [0.2, 0.25) is 0 Å². The third-order valence-electron chi connectivity index (χ3n) is 6.14. The molecule has 1 aliphatic heterocycles. The van der Waals surface area contributed by atoms with Crippen LogP contribution in [0.4, 0.5) is 38.7 Å². The fourth-order valence-corrected chi connectivity index (χ4v) is 6.01. The number of hydrogen-bond donors (Lipinski definition) is 1. The Bertz CT molecular complexity index is 1490. The van der Waals surface area contributed by atoms with Crippen LogP contribution in [0.15, 0.2) is 36.1 Å². The Morgan fingerprint density at radius 3 is 2.36 bits per heavy atom. The average Bonchev–Trinajstić information content (AvgIpc) is 3.53. The number of thiazole rings is 2. The summed E-state index contributed by atoms with van der Waals surface area (Å²) in [6, 6.07) is 2.42. The van der Waals surface area contributed by atoms with E-state index in [1.54, 1.807) is 30.5 Å². The molecule has 0 radical (unpaired) electrons. The van der Waals surface area contributed by atoms with Crippen LogP contribution in [0.25, 0.3) is 10.6 Å². The Morgan fingerprint density at radius 2 is 1.81 bits per heavy atom. The molecule has 0 aliphatic carbocycles. The average molecular weight is 645 g/mol. The van der Waals surface area contributed by atoms with Gasteiger partial charge in [0.1, 0.15) is 11.6 Å². The van der Waals surface area contributed by atoms with E-state index in [4.69, 9.17) is 0 Å². The molecule has 0 bridgehead atoms. The summed E-state index contributed by atoms with van der Waals surface area (Å²) in [5.74, 6) is 0.828.